The maximum atomic E-state index is 11.8. The van der Waals surface area contributed by atoms with E-state index in [0.29, 0.717) is 6.54 Å². The summed E-state index contributed by atoms with van der Waals surface area (Å²) in [6.07, 6.45) is 7.15. The molecular weight excluding hydrogens is 192 g/mol. The van der Waals surface area contributed by atoms with Crippen molar-refractivity contribution in [3.63, 3.8) is 0 Å². The molecule has 82 valence electrons. The number of H-pyrrole nitrogens is 1. The van der Waals surface area contributed by atoms with Gasteiger partial charge in [-0.15, -0.1) is 0 Å². The van der Waals surface area contributed by atoms with Crippen LogP contribution < -0.4 is 11.1 Å². The average molecular weight is 208 g/mol. The maximum Gasteiger partial charge on any atom is 0.240 e. The number of aromatic nitrogens is 2. The van der Waals surface area contributed by atoms with Crippen LogP contribution in [-0.4, -0.2) is 21.6 Å². The van der Waals surface area contributed by atoms with E-state index in [4.69, 9.17) is 5.73 Å². The number of hydrogen-bond acceptors (Lipinski definition) is 3. The Hall–Kier alpha value is -1.36. The molecule has 1 amide bonds. The number of nitrogens with one attached hydrogen (secondary N) is 2. The second-order valence-corrected chi connectivity index (χ2v) is 4.15. The molecule has 1 aromatic rings. The van der Waals surface area contributed by atoms with Gasteiger partial charge in [0.1, 0.15) is 0 Å². The summed E-state index contributed by atoms with van der Waals surface area (Å²) in [5.74, 6) is -0.0406. The van der Waals surface area contributed by atoms with Crippen LogP contribution in [0.3, 0.4) is 0 Å². The molecular formula is C10H16N4O. The van der Waals surface area contributed by atoms with Gasteiger partial charge in [0.05, 0.1) is 11.7 Å². The third-order valence-corrected chi connectivity index (χ3v) is 2.96. The molecule has 0 bridgehead atoms. The number of nitrogens with two attached hydrogens (primary N) is 1. The van der Waals surface area contributed by atoms with E-state index < -0.39 is 5.54 Å². The fraction of sp³-hybridized carbons (Fsp3) is 0.600. The van der Waals surface area contributed by atoms with Gasteiger partial charge < -0.3 is 11.1 Å². The Morgan fingerprint density at radius 3 is 2.93 bits per heavy atom. The third kappa shape index (κ3) is 2.18. The highest BCUT2D eigenvalue weighted by Gasteiger charge is 2.36. The first-order valence-electron chi connectivity index (χ1n) is 5.25. The smallest absolute Gasteiger partial charge is 0.240 e. The number of carbonyl (C=O) groups excluding carboxylic acids is 1. The minimum atomic E-state index is -0.635. The van der Waals surface area contributed by atoms with E-state index >= 15 is 0 Å². The molecule has 0 aliphatic heterocycles. The van der Waals surface area contributed by atoms with Crippen molar-refractivity contribution in [2.45, 2.75) is 37.8 Å². The molecule has 1 saturated carbocycles. The second-order valence-electron chi connectivity index (χ2n) is 4.15. The maximum absolute atomic E-state index is 11.8. The molecule has 2 rings (SSSR count). The lowest BCUT2D eigenvalue weighted by molar-refractivity contribution is -0.126. The fourth-order valence-electron chi connectivity index (χ4n) is 1.97. The Bertz CT molecular complexity index is 327. The molecule has 0 spiro atoms. The molecule has 1 heterocycles. The summed E-state index contributed by atoms with van der Waals surface area (Å²) < 4.78 is 0. The van der Waals surface area contributed by atoms with Crippen molar-refractivity contribution >= 4 is 5.91 Å². The lowest BCUT2D eigenvalue weighted by atomic mass is 9.98. The van der Waals surface area contributed by atoms with E-state index in [0.717, 1.165) is 31.2 Å². The number of amides is 1. The molecule has 0 unspecified atom stereocenters. The topological polar surface area (TPSA) is 83.8 Å². The van der Waals surface area contributed by atoms with Crippen LogP contribution in [0, 0.1) is 0 Å². The zero-order valence-electron chi connectivity index (χ0n) is 8.62. The van der Waals surface area contributed by atoms with E-state index in [2.05, 4.69) is 15.5 Å². The van der Waals surface area contributed by atoms with Crippen molar-refractivity contribution in [2.24, 2.45) is 5.73 Å². The molecule has 0 saturated heterocycles. The van der Waals surface area contributed by atoms with Crippen molar-refractivity contribution in [3.8, 4) is 0 Å². The number of rotatable bonds is 3. The van der Waals surface area contributed by atoms with Crippen molar-refractivity contribution in [1.82, 2.24) is 15.5 Å². The van der Waals surface area contributed by atoms with Gasteiger partial charge in [-0.3, -0.25) is 9.89 Å². The van der Waals surface area contributed by atoms with Crippen molar-refractivity contribution in [2.75, 3.05) is 0 Å². The van der Waals surface area contributed by atoms with E-state index in [1.807, 2.05) is 0 Å². The summed E-state index contributed by atoms with van der Waals surface area (Å²) in [4.78, 5) is 11.8. The van der Waals surface area contributed by atoms with Gasteiger partial charge in [-0.1, -0.05) is 12.8 Å². The molecule has 5 heteroatoms. The first-order chi connectivity index (χ1) is 7.21. The zero-order valence-corrected chi connectivity index (χ0v) is 8.62. The fourth-order valence-corrected chi connectivity index (χ4v) is 1.97. The standard InChI is InChI=1S/C10H16N4O/c11-10(3-1-2-4-10)9(15)12-5-8-6-13-14-7-8/h6-7H,1-5,11H2,(H,12,15)(H,13,14). The lowest BCUT2D eigenvalue weighted by Gasteiger charge is -2.21. The first-order valence-corrected chi connectivity index (χ1v) is 5.25. The Labute approximate surface area is 88.4 Å². The summed E-state index contributed by atoms with van der Waals surface area (Å²) in [6.45, 7) is 0.494. The predicted octanol–water partition coefficient (Wildman–Crippen LogP) is 0.297. The predicted molar refractivity (Wildman–Crippen MR) is 55.8 cm³/mol. The monoisotopic (exact) mass is 208 g/mol. The van der Waals surface area contributed by atoms with Gasteiger partial charge in [-0.2, -0.15) is 5.10 Å². The molecule has 1 aromatic heterocycles. The third-order valence-electron chi connectivity index (χ3n) is 2.96. The summed E-state index contributed by atoms with van der Waals surface area (Å²) in [5, 5.41) is 9.35. The Morgan fingerprint density at radius 1 is 1.60 bits per heavy atom. The molecule has 0 radical (unpaired) electrons. The van der Waals surface area contributed by atoms with Crippen molar-refractivity contribution < 1.29 is 4.79 Å². The highest BCUT2D eigenvalue weighted by Crippen LogP contribution is 2.27. The summed E-state index contributed by atoms with van der Waals surface area (Å²) in [5.41, 5.74) is 6.33. The van der Waals surface area contributed by atoms with Gasteiger partial charge in [-0.05, 0) is 12.8 Å². The summed E-state index contributed by atoms with van der Waals surface area (Å²) in [7, 11) is 0. The van der Waals surface area contributed by atoms with E-state index in [-0.39, 0.29) is 5.91 Å². The van der Waals surface area contributed by atoms with E-state index in [1.165, 1.54) is 0 Å². The Morgan fingerprint density at radius 2 is 2.33 bits per heavy atom. The first kappa shape index (κ1) is 10.2. The number of hydrogen-bond donors (Lipinski definition) is 3. The number of nitrogens with zero attached hydrogens (tertiary/aromatic N) is 1. The number of aromatic amines is 1. The van der Waals surface area contributed by atoms with Crippen LogP contribution in [0.15, 0.2) is 12.4 Å². The van der Waals surface area contributed by atoms with Crippen LogP contribution in [0.5, 0.6) is 0 Å². The molecule has 1 fully saturated rings. The van der Waals surface area contributed by atoms with Gasteiger partial charge >= 0.3 is 0 Å². The van der Waals surface area contributed by atoms with Crippen LogP contribution in [-0.2, 0) is 11.3 Å². The largest absolute Gasteiger partial charge is 0.350 e. The van der Waals surface area contributed by atoms with Crippen LogP contribution in [0.4, 0.5) is 0 Å². The van der Waals surface area contributed by atoms with Gasteiger partial charge in [0.15, 0.2) is 0 Å². The second kappa shape index (κ2) is 4.02. The molecule has 5 nitrogen and oxygen atoms in total. The van der Waals surface area contributed by atoms with E-state index in [1.54, 1.807) is 12.4 Å². The van der Waals surface area contributed by atoms with Gasteiger partial charge in [-0.25, -0.2) is 0 Å². The number of carbonyl (C=O) groups is 1. The van der Waals surface area contributed by atoms with E-state index in [9.17, 15) is 4.79 Å². The summed E-state index contributed by atoms with van der Waals surface area (Å²) >= 11 is 0. The highest BCUT2D eigenvalue weighted by atomic mass is 16.2. The minimum Gasteiger partial charge on any atom is -0.350 e. The normalized spacial score (nSPS) is 19.0. The SMILES string of the molecule is NC1(C(=O)NCc2cn[nH]c2)CCCC1. The van der Waals surface area contributed by atoms with Gasteiger partial charge in [0.25, 0.3) is 0 Å². The molecule has 1 aliphatic rings. The van der Waals surface area contributed by atoms with Crippen LogP contribution in [0.2, 0.25) is 0 Å². The van der Waals surface area contributed by atoms with Crippen molar-refractivity contribution in [3.05, 3.63) is 18.0 Å². The van der Waals surface area contributed by atoms with Crippen LogP contribution in [0.1, 0.15) is 31.2 Å². The van der Waals surface area contributed by atoms with Gasteiger partial charge in [0, 0.05) is 18.3 Å². The molecule has 0 atom stereocenters. The lowest BCUT2D eigenvalue weighted by Crippen LogP contribution is -2.51. The summed E-state index contributed by atoms with van der Waals surface area (Å²) in [6, 6.07) is 0. The molecule has 1 aliphatic carbocycles. The van der Waals surface area contributed by atoms with Crippen LogP contribution in [0.25, 0.3) is 0 Å². The minimum absolute atomic E-state index is 0.0406. The molecule has 4 N–H and O–H groups in total. The highest BCUT2D eigenvalue weighted by molar-refractivity contribution is 5.86. The quantitative estimate of drug-likeness (QED) is 0.668. The van der Waals surface area contributed by atoms with Crippen molar-refractivity contribution in [1.29, 1.82) is 0 Å². The van der Waals surface area contributed by atoms with Gasteiger partial charge in [0.2, 0.25) is 5.91 Å². The Balaban J connectivity index is 1.87. The zero-order chi connectivity index (χ0) is 10.7. The average Bonchev–Trinajstić information content (AvgIpc) is 2.85. The molecule has 15 heavy (non-hydrogen) atoms. The Kier molecular flexibility index (Phi) is 2.73. The van der Waals surface area contributed by atoms with Crippen LogP contribution >= 0.6 is 0 Å². The molecule has 0 aromatic carbocycles.